The fraction of sp³-hybridized carbons (Fsp3) is 0.0909. The quantitative estimate of drug-likeness (QED) is 0.281. The van der Waals surface area contributed by atoms with Crippen LogP contribution in [0.3, 0.4) is 0 Å². The second kappa shape index (κ2) is 16.0. The van der Waals surface area contributed by atoms with Crippen molar-refractivity contribution in [1.82, 2.24) is 0 Å². The molecule has 0 heterocycles. The van der Waals surface area contributed by atoms with Crippen LogP contribution in [0.4, 0.5) is 17.6 Å². The van der Waals surface area contributed by atoms with E-state index in [2.05, 4.69) is 36.4 Å². The van der Waals surface area contributed by atoms with E-state index in [0.29, 0.717) is 0 Å². The third kappa shape index (κ3) is 12.8. The summed E-state index contributed by atoms with van der Waals surface area (Å²) in [5.41, 5.74) is 0. The number of hydrogen-bond donors (Lipinski definition) is 0. The fourth-order valence-electron chi connectivity index (χ4n) is 1.47. The van der Waals surface area contributed by atoms with Gasteiger partial charge in [0.2, 0.25) is 0 Å². The molecule has 136 valence electrons. The maximum Gasteiger partial charge on any atom is 4.00 e. The first-order valence-corrected chi connectivity index (χ1v) is 7.68. The third-order valence-electron chi connectivity index (χ3n) is 2.69. The Bertz CT molecular complexity index is 637. The molecule has 0 amide bonds. The second-order valence-corrected chi connectivity index (χ2v) is 4.67. The van der Waals surface area contributed by atoms with Crippen LogP contribution in [0.15, 0.2) is 72.9 Å². The van der Waals surface area contributed by atoms with Gasteiger partial charge in [-0.3, -0.25) is 20.9 Å². The van der Waals surface area contributed by atoms with Crippen molar-refractivity contribution >= 4 is 0 Å². The van der Waals surface area contributed by atoms with E-state index in [1.807, 2.05) is 24.3 Å². The predicted octanol–water partition coefficient (Wildman–Crippen LogP) is 6.14. The second-order valence-electron chi connectivity index (χ2n) is 4.67. The first kappa shape index (κ1) is 24.8. The number of hydrogen-bond acceptors (Lipinski definition) is 0. The number of allylic oxidation sites excluding steroid dienone is 8. The van der Waals surface area contributed by atoms with E-state index in [4.69, 9.17) is 0 Å². The summed E-state index contributed by atoms with van der Waals surface area (Å²) >= 11 is 0. The molecule has 5 heteroatoms. The minimum Gasteiger partial charge on any atom is -0.281 e. The van der Waals surface area contributed by atoms with Crippen molar-refractivity contribution in [3.05, 3.63) is 120 Å². The van der Waals surface area contributed by atoms with Crippen LogP contribution in [0.5, 0.6) is 0 Å². The summed E-state index contributed by atoms with van der Waals surface area (Å²) in [5, 5.41) is 0. The Balaban J connectivity index is 0.000000337. The van der Waals surface area contributed by atoms with Gasteiger partial charge < -0.3 is 0 Å². The van der Waals surface area contributed by atoms with Gasteiger partial charge in [-0.25, -0.2) is 33.1 Å². The zero-order chi connectivity index (χ0) is 19.0. The molecule has 0 aliphatic heterocycles. The first-order valence-electron chi connectivity index (χ1n) is 7.68. The van der Waals surface area contributed by atoms with E-state index in [1.54, 1.807) is 0 Å². The molecule has 2 aromatic rings. The van der Waals surface area contributed by atoms with E-state index < -0.39 is 23.3 Å². The Morgan fingerprint density at radius 2 is 1.07 bits per heavy atom. The Hall–Kier alpha value is -2.17. The molecule has 0 nitrogen and oxygen atoms in total. The molecular formula is C22H16F4Ti. The minimum atomic E-state index is -0.924. The van der Waals surface area contributed by atoms with Gasteiger partial charge in [-0.2, -0.15) is 36.4 Å². The average molecular weight is 404 g/mol. The smallest absolute Gasteiger partial charge is 0.281 e. The molecule has 0 unspecified atom stereocenters. The molecule has 0 fully saturated rings. The minimum absolute atomic E-state index is 0. The van der Waals surface area contributed by atoms with Crippen molar-refractivity contribution in [3.63, 3.8) is 0 Å². The van der Waals surface area contributed by atoms with Crippen molar-refractivity contribution < 1.29 is 39.3 Å². The average Bonchev–Trinajstić information content (AvgIpc) is 3.39. The Morgan fingerprint density at radius 3 is 1.22 bits per heavy atom. The van der Waals surface area contributed by atoms with Crippen LogP contribution in [-0.2, 0) is 21.7 Å². The molecule has 0 saturated carbocycles. The van der Waals surface area contributed by atoms with Gasteiger partial charge in [-0.15, -0.1) is 37.1 Å². The SMILES string of the molecule is Fc1[c-]cccc1F.Fc1[c-]cccc1F.[C-]1=CC=CC1.[C-]1=CC=CC1.[Ti+4]. The van der Waals surface area contributed by atoms with Crippen LogP contribution in [0, 0.1) is 47.6 Å². The van der Waals surface area contributed by atoms with Gasteiger partial charge >= 0.3 is 21.7 Å². The van der Waals surface area contributed by atoms with Crippen LogP contribution >= 0.6 is 0 Å². The predicted molar refractivity (Wildman–Crippen MR) is 93.5 cm³/mol. The normalized spacial score (nSPS) is 12.0. The van der Waals surface area contributed by atoms with Gasteiger partial charge in [0.25, 0.3) is 0 Å². The largest absolute Gasteiger partial charge is 4.00 e. The molecule has 2 aromatic carbocycles. The standard InChI is InChI=1S/2C6H3F2.2C5H5.Ti/c2*7-5-3-1-2-4-6(5)8;2*1-2-4-5-3-1;/h2*1-3H;2*1-3H,4H2;/q4*-1;+4. The number of rotatable bonds is 0. The van der Waals surface area contributed by atoms with Crippen LogP contribution in [-0.4, -0.2) is 0 Å². The summed E-state index contributed by atoms with van der Waals surface area (Å²) in [4.78, 5) is 0. The van der Waals surface area contributed by atoms with E-state index >= 15 is 0 Å². The van der Waals surface area contributed by atoms with Crippen molar-refractivity contribution in [2.24, 2.45) is 0 Å². The maximum absolute atomic E-state index is 11.9. The molecule has 0 radical (unpaired) electrons. The molecule has 0 bridgehead atoms. The summed E-state index contributed by atoms with van der Waals surface area (Å²) < 4.78 is 47.6. The molecule has 2 aliphatic carbocycles. The summed E-state index contributed by atoms with van der Waals surface area (Å²) in [6, 6.07) is 11.6. The summed E-state index contributed by atoms with van der Waals surface area (Å²) in [6.45, 7) is 0. The van der Waals surface area contributed by atoms with Crippen LogP contribution < -0.4 is 0 Å². The van der Waals surface area contributed by atoms with Crippen molar-refractivity contribution in [2.75, 3.05) is 0 Å². The zero-order valence-corrected chi connectivity index (χ0v) is 15.9. The molecule has 2 aliphatic rings. The van der Waals surface area contributed by atoms with Crippen LogP contribution in [0.2, 0.25) is 0 Å². The Morgan fingerprint density at radius 1 is 0.667 bits per heavy atom. The Kier molecular flexibility index (Phi) is 14.8. The molecule has 27 heavy (non-hydrogen) atoms. The van der Waals surface area contributed by atoms with E-state index in [0.717, 1.165) is 25.0 Å². The topological polar surface area (TPSA) is 0 Å². The Labute approximate surface area is 172 Å². The summed E-state index contributed by atoms with van der Waals surface area (Å²) in [5.74, 6) is -3.56. The molecule has 0 spiro atoms. The van der Waals surface area contributed by atoms with Gasteiger partial charge in [-0.05, 0) is 0 Å². The molecule has 0 N–H and O–H groups in total. The molecule has 0 atom stereocenters. The third-order valence-corrected chi connectivity index (χ3v) is 2.69. The number of halogens is 4. The van der Waals surface area contributed by atoms with Crippen molar-refractivity contribution in [1.29, 1.82) is 0 Å². The molecule has 0 aromatic heterocycles. The summed E-state index contributed by atoms with van der Waals surface area (Å²) in [7, 11) is 0. The summed E-state index contributed by atoms with van der Waals surface area (Å²) in [6.07, 6.45) is 20.0. The van der Waals surface area contributed by atoms with Crippen molar-refractivity contribution in [3.8, 4) is 0 Å². The maximum atomic E-state index is 11.9. The van der Waals surface area contributed by atoms with E-state index in [9.17, 15) is 17.6 Å². The van der Waals surface area contributed by atoms with Crippen LogP contribution in [0.25, 0.3) is 0 Å². The molecule has 4 rings (SSSR count). The first-order chi connectivity index (χ1) is 12.6. The van der Waals surface area contributed by atoms with Gasteiger partial charge in [0.1, 0.15) is 0 Å². The zero-order valence-electron chi connectivity index (χ0n) is 14.4. The number of benzene rings is 2. The van der Waals surface area contributed by atoms with Gasteiger partial charge in [0.05, 0.1) is 0 Å². The monoisotopic (exact) mass is 404 g/mol. The van der Waals surface area contributed by atoms with Gasteiger partial charge in [-0.1, -0.05) is 0 Å². The van der Waals surface area contributed by atoms with E-state index in [1.165, 1.54) is 24.3 Å². The van der Waals surface area contributed by atoms with E-state index in [-0.39, 0.29) is 21.7 Å². The molecular weight excluding hydrogens is 388 g/mol. The van der Waals surface area contributed by atoms with Crippen LogP contribution in [0.1, 0.15) is 12.8 Å². The molecule has 0 saturated heterocycles. The fourth-order valence-corrected chi connectivity index (χ4v) is 1.47. The van der Waals surface area contributed by atoms with Gasteiger partial charge in [0, 0.05) is 23.3 Å². The van der Waals surface area contributed by atoms with Gasteiger partial charge in [0.15, 0.2) is 0 Å². The van der Waals surface area contributed by atoms with Crippen molar-refractivity contribution in [2.45, 2.75) is 12.8 Å².